The number of rotatable bonds is 2. The lowest BCUT2D eigenvalue weighted by molar-refractivity contribution is 0.0697. The van der Waals surface area contributed by atoms with Gasteiger partial charge in [0.2, 0.25) is 0 Å². The molecule has 6 heteroatoms. The molecule has 3 nitrogen and oxygen atoms in total. The van der Waals surface area contributed by atoms with Gasteiger partial charge in [0.05, 0.1) is 5.56 Å². The van der Waals surface area contributed by atoms with Crippen LogP contribution in [-0.4, -0.2) is 16.1 Å². The maximum absolute atomic E-state index is 11.2. The van der Waals surface area contributed by atoms with Crippen LogP contribution in [0.5, 0.6) is 0 Å². The van der Waals surface area contributed by atoms with Gasteiger partial charge < -0.3 is 5.11 Å². The maximum Gasteiger partial charge on any atom is 0.336 e. The molecule has 0 aliphatic rings. The molecule has 0 atom stereocenters. The molecular weight excluding hydrogens is 296 g/mol. The molecule has 0 aliphatic heterocycles. The SMILES string of the molecule is O=C(O)c1cc(Cl)ncc1-c1ccc(Cl)cc1Cl. The molecule has 2 rings (SSSR count). The lowest BCUT2D eigenvalue weighted by Gasteiger charge is -2.08. The third kappa shape index (κ3) is 2.58. The first-order valence-corrected chi connectivity index (χ1v) is 5.96. The Morgan fingerprint density at radius 3 is 2.44 bits per heavy atom. The number of pyridine rings is 1. The Morgan fingerprint density at radius 2 is 1.83 bits per heavy atom. The largest absolute Gasteiger partial charge is 0.478 e. The van der Waals surface area contributed by atoms with Crippen molar-refractivity contribution in [3.63, 3.8) is 0 Å². The van der Waals surface area contributed by atoms with Crippen LogP contribution in [0.25, 0.3) is 11.1 Å². The standard InChI is InChI=1S/C12H6Cl3NO2/c13-6-1-2-7(10(14)3-6)9-5-16-11(15)4-8(9)12(17)18/h1-5H,(H,17,18). The summed E-state index contributed by atoms with van der Waals surface area (Å²) in [5.41, 5.74) is 0.982. The highest BCUT2D eigenvalue weighted by Crippen LogP contribution is 2.32. The van der Waals surface area contributed by atoms with Crippen LogP contribution >= 0.6 is 34.8 Å². The van der Waals surface area contributed by atoms with Crippen LogP contribution in [0.4, 0.5) is 0 Å². The van der Waals surface area contributed by atoms with Crippen molar-refractivity contribution in [2.24, 2.45) is 0 Å². The smallest absolute Gasteiger partial charge is 0.336 e. The summed E-state index contributed by atoms with van der Waals surface area (Å²) >= 11 is 17.5. The van der Waals surface area contributed by atoms with Crippen molar-refractivity contribution in [1.82, 2.24) is 4.98 Å². The second kappa shape index (κ2) is 5.14. The van der Waals surface area contributed by atoms with E-state index in [0.29, 0.717) is 21.2 Å². The lowest BCUT2D eigenvalue weighted by Crippen LogP contribution is -2.00. The van der Waals surface area contributed by atoms with Gasteiger partial charge in [0.25, 0.3) is 0 Å². The van der Waals surface area contributed by atoms with Crippen LogP contribution in [0.1, 0.15) is 10.4 Å². The molecule has 1 heterocycles. The number of carbonyl (C=O) groups is 1. The summed E-state index contributed by atoms with van der Waals surface area (Å²) < 4.78 is 0. The minimum Gasteiger partial charge on any atom is -0.478 e. The lowest BCUT2D eigenvalue weighted by atomic mass is 10.0. The summed E-state index contributed by atoms with van der Waals surface area (Å²) in [5, 5.41) is 10.1. The summed E-state index contributed by atoms with van der Waals surface area (Å²) in [6.45, 7) is 0. The first-order valence-electron chi connectivity index (χ1n) is 4.83. The van der Waals surface area contributed by atoms with Crippen LogP contribution in [0.3, 0.4) is 0 Å². The first kappa shape index (κ1) is 13.1. The third-order valence-corrected chi connectivity index (χ3v) is 3.08. The number of carboxylic acids is 1. The fourth-order valence-corrected chi connectivity index (χ4v) is 2.20. The maximum atomic E-state index is 11.2. The summed E-state index contributed by atoms with van der Waals surface area (Å²) in [7, 11) is 0. The zero-order valence-electron chi connectivity index (χ0n) is 8.82. The van der Waals surface area contributed by atoms with E-state index < -0.39 is 5.97 Å². The quantitative estimate of drug-likeness (QED) is 0.836. The Hall–Kier alpha value is -1.29. The average molecular weight is 303 g/mol. The van der Waals surface area contributed by atoms with Crippen LogP contribution < -0.4 is 0 Å². The number of halogens is 3. The molecule has 1 N–H and O–H groups in total. The van der Waals surface area contributed by atoms with Crippen LogP contribution in [0.15, 0.2) is 30.5 Å². The van der Waals surface area contributed by atoms with Gasteiger partial charge in [-0.15, -0.1) is 0 Å². The van der Waals surface area contributed by atoms with Crippen LogP contribution in [0.2, 0.25) is 15.2 Å². The number of hydrogen-bond donors (Lipinski definition) is 1. The van der Waals surface area contributed by atoms with E-state index in [0.717, 1.165) is 0 Å². The normalized spacial score (nSPS) is 10.4. The number of benzene rings is 1. The van der Waals surface area contributed by atoms with E-state index in [2.05, 4.69) is 4.98 Å². The molecule has 0 saturated heterocycles. The Bertz CT molecular complexity index is 629. The molecule has 18 heavy (non-hydrogen) atoms. The molecule has 0 spiro atoms. The molecule has 1 aromatic carbocycles. The molecule has 0 radical (unpaired) electrons. The van der Waals surface area contributed by atoms with Crippen molar-refractivity contribution in [2.75, 3.05) is 0 Å². The molecular formula is C12H6Cl3NO2. The van der Waals surface area contributed by atoms with Crippen molar-refractivity contribution < 1.29 is 9.90 Å². The van der Waals surface area contributed by atoms with E-state index in [1.807, 2.05) is 0 Å². The second-order valence-corrected chi connectivity index (χ2v) is 4.71. The molecule has 0 saturated carbocycles. The minimum atomic E-state index is -1.10. The van der Waals surface area contributed by atoms with E-state index in [1.165, 1.54) is 12.3 Å². The summed E-state index contributed by atoms with van der Waals surface area (Å²) in [5.74, 6) is -1.10. The topological polar surface area (TPSA) is 50.2 Å². The van der Waals surface area contributed by atoms with Crippen molar-refractivity contribution >= 4 is 40.8 Å². The summed E-state index contributed by atoms with van der Waals surface area (Å²) in [4.78, 5) is 15.0. The summed E-state index contributed by atoms with van der Waals surface area (Å²) in [6, 6.07) is 6.09. The monoisotopic (exact) mass is 301 g/mol. The van der Waals surface area contributed by atoms with Gasteiger partial charge in [-0.1, -0.05) is 40.9 Å². The van der Waals surface area contributed by atoms with Crippen molar-refractivity contribution in [1.29, 1.82) is 0 Å². The van der Waals surface area contributed by atoms with E-state index in [-0.39, 0.29) is 10.7 Å². The molecule has 0 fully saturated rings. The first-order chi connectivity index (χ1) is 8.49. The van der Waals surface area contributed by atoms with Gasteiger partial charge in [0.15, 0.2) is 0 Å². The van der Waals surface area contributed by atoms with E-state index in [4.69, 9.17) is 39.9 Å². The second-order valence-electron chi connectivity index (χ2n) is 3.48. The van der Waals surface area contributed by atoms with Gasteiger partial charge in [0.1, 0.15) is 5.15 Å². The zero-order chi connectivity index (χ0) is 13.3. The Balaban J connectivity index is 2.67. The third-order valence-electron chi connectivity index (χ3n) is 2.32. The molecule has 2 aromatic rings. The van der Waals surface area contributed by atoms with Gasteiger partial charge in [0, 0.05) is 27.4 Å². The highest BCUT2D eigenvalue weighted by molar-refractivity contribution is 6.36. The number of nitrogens with zero attached hydrogens (tertiary/aromatic N) is 1. The number of aromatic nitrogens is 1. The Labute approximate surface area is 118 Å². The molecule has 0 amide bonds. The highest BCUT2D eigenvalue weighted by atomic mass is 35.5. The average Bonchev–Trinajstić information content (AvgIpc) is 2.29. The highest BCUT2D eigenvalue weighted by Gasteiger charge is 2.15. The van der Waals surface area contributed by atoms with Crippen molar-refractivity contribution in [3.05, 3.63) is 51.2 Å². The van der Waals surface area contributed by atoms with Crippen molar-refractivity contribution in [3.8, 4) is 11.1 Å². The molecule has 0 bridgehead atoms. The van der Waals surface area contributed by atoms with E-state index in [1.54, 1.807) is 18.2 Å². The molecule has 0 aliphatic carbocycles. The van der Waals surface area contributed by atoms with E-state index >= 15 is 0 Å². The molecule has 1 aromatic heterocycles. The van der Waals surface area contributed by atoms with Gasteiger partial charge in [-0.3, -0.25) is 0 Å². The van der Waals surface area contributed by atoms with Gasteiger partial charge in [-0.25, -0.2) is 9.78 Å². The van der Waals surface area contributed by atoms with Gasteiger partial charge in [-0.2, -0.15) is 0 Å². The number of carboxylic acid groups (broad SMARTS) is 1. The Morgan fingerprint density at radius 1 is 1.11 bits per heavy atom. The fraction of sp³-hybridized carbons (Fsp3) is 0. The summed E-state index contributed by atoms with van der Waals surface area (Å²) in [6.07, 6.45) is 1.38. The molecule has 92 valence electrons. The zero-order valence-corrected chi connectivity index (χ0v) is 11.1. The van der Waals surface area contributed by atoms with Gasteiger partial charge in [-0.05, 0) is 18.2 Å². The predicted octanol–water partition coefficient (Wildman–Crippen LogP) is 4.41. The van der Waals surface area contributed by atoms with Crippen LogP contribution in [0, 0.1) is 0 Å². The van der Waals surface area contributed by atoms with Crippen LogP contribution in [-0.2, 0) is 0 Å². The van der Waals surface area contributed by atoms with Gasteiger partial charge >= 0.3 is 5.97 Å². The predicted molar refractivity (Wildman–Crippen MR) is 71.7 cm³/mol. The fourth-order valence-electron chi connectivity index (χ4n) is 1.53. The minimum absolute atomic E-state index is 0.0409. The number of hydrogen-bond acceptors (Lipinski definition) is 2. The van der Waals surface area contributed by atoms with Crippen molar-refractivity contribution in [2.45, 2.75) is 0 Å². The van der Waals surface area contributed by atoms with E-state index in [9.17, 15) is 4.79 Å². The number of aromatic carboxylic acids is 1. The Kier molecular flexibility index (Phi) is 3.76. The molecule has 0 unspecified atom stereocenters.